The summed E-state index contributed by atoms with van der Waals surface area (Å²) in [6.45, 7) is 10.8. The van der Waals surface area contributed by atoms with Crippen molar-refractivity contribution in [3.8, 4) is 0 Å². The normalized spacial score (nSPS) is 39.3. The SMILES string of the molecule is C=C1CC(C)(C)CC(C)(O)C1C1SCCCS1. The highest BCUT2D eigenvalue weighted by atomic mass is 32.2. The van der Waals surface area contributed by atoms with Gasteiger partial charge >= 0.3 is 0 Å². The molecule has 2 rings (SSSR count). The van der Waals surface area contributed by atoms with Gasteiger partial charge in [-0.05, 0) is 43.1 Å². The minimum absolute atomic E-state index is 0.196. The lowest BCUT2D eigenvalue weighted by atomic mass is 9.64. The van der Waals surface area contributed by atoms with Crippen molar-refractivity contribution < 1.29 is 5.11 Å². The molecule has 17 heavy (non-hydrogen) atoms. The standard InChI is InChI=1S/C14H24OS2/c1-10-8-13(2,3)9-14(4,15)11(10)12-16-6-5-7-17-12/h11-12,15H,1,5-9H2,2-4H3. The van der Waals surface area contributed by atoms with E-state index in [1.807, 2.05) is 30.4 Å². The zero-order valence-electron chi connectivity index (χ0n) is 11.2. The van der Waals surface area contributed by atoms with E-state index in [2.05, 4.69) is 20.4 Å². The van der Waals surface area contributed by atoms with Gasteiger partial charge in [0.25, 0.3) is 0 Å². The second-order valence-corrected chi connectivity index (χ2v) is 9.27. The first kappa shape index (κ1) is 13.8. The summed E-state index contributed by atoms with van der Waals surface area (Å²) in [5.74, 6) is 2.74. The lowest BCUT2D eigenvalue weighted by molar-refractivity contribution is -0.0406. The molecule has 0 aromatic heterocycles. The molecule has 1 nitrogen and oxygen atoms in total. The summed E-state index contributed by atoms with van der Waals surface area (Å²) in [4.78, 5) is 0. The predicted octanol–water partition coefficient (Wildman–Crippen LogP) is 3.93. The molecule has 0 spiro atoms. The minimum Gasteiger partial charge on any atom is -0.389 e. The van der Waals surface area contributed by atoms with Crippen molar-refractivity contribution in [2.75, 3.05) is 11.5 Å². The number of aliphatic hydroxyl groups is 1. The van der Waals surface area contributed by atoms with Gasteiger partial charge in [0, 0.05) is 5.92 Å². The highest BCUT2D eigenvalue weighted by Crippen LogP contribution is 2.52. The topological polar surface area (TPSA) is 20.2 Å². The van der Waals surface area contributed by atoms with E-state index in [1.54, 1.807) is 0 Å². The van der Waals surface area contributed by atoms with Crippen molar-refractivity contribution in [1.29, 1.82) is 0 Å². The molecule has 1 heterocycles. The van der Waals surface area contributed by atoms with E-state index in [9.17, 15) is 5.11 Å². The Balaban J connectivity index is 2.17. The molecule has 1 N–H and O–H groups in total. The van der Waals surface area contributed by atoms with Gasteiger partial charge in [0.2, 0.25) is 0 Å². The van der Waals surface area contributed by atoms with E-state index in [-0.39, 0.29) is 11.3 Å². The van der Waals surface area contributed by atoms with Crippen LogP contribution >= 0.6 is 23.5 Å². The molecule has 3 heteroatoms. The quantitative estimate of drug-likeness (QED) is 0.731. The van der Waals surface area contributed by atoms with Gasteiger partial charge in [-0.25, -0.2) is 0 Å². The molecule has 2 fully saturated rings. The third-order valence-electron chi connectivity index (χ3n) is 3.78. The first-order valence-corrected chi connectivity index (χ1v) is 8.55. The molecule has 1 saturated carbocycles. The Labute approximate surface area is 114 Å². The van der Waals surface area contributed by atoms with Crippen LogP contribution in [0.4, 0.5) is 0 Å². The van der Waals surface area contributed by atoms with E-state index < -0.39 is 5.60 Å². The molecule has 1 saturated heterocycles. The van der Waals surface area contributed by atoms with E-state index in [0.717, 1.165) is 12.8 Å². The smallest absolute Gasteiger partial charge is 0.0708 e. The van der Waals surface area contributed by atoms with Crippen LogP contribution in [-0.2, 0) is 0 Å². The third kappa shape index (κ3) is 3.05. The molecule has 98 valence electrons. The number of hydrogen-bond donors (Lipinski definition) is 1. The van der Waals surface area contributed by atoms with Crippen LogP contribution in [0.15, 0.2) is 12.2 Å². The van der Waals surface area contributed by atoms with E-state index in [1.165, 1.54) is 23.5 Å². The van der Waals surface area contributed by atoms with Gasteiger partial charge in [-0.3, -0.25) is 0 Å². The summed E-state index contributed by atoms with van der Waals surface area (Å²) in [7, 11) is 0. The van der Waals surface area contributed by atoms with Crippen LogP contribution in [0.1, 0.15) is 40.0 Å². The maximum absolute atomic E-state index is 10.8. The molecule has 1 aliphatic carbocycles. The average molecular weight is 272 g/mol. The average Bonchev–Trinajstić information content (AvgIpc) is 2.14. The maximum atomic E-state index is 10.8. The first-order valence-electron chi connectivity index (χ1n) is 6.45. The van der Waals surface area contributed by atoms with Crippen LogP contribution in [0.5, 0.6) is 0 Å². The summed E-state index contributed by atoms with van der Waals surface area (Å²) in [6.07, 6.45) is 3.26. The summed E-state index contributed by atoms with van der Waals surface area (Å²) < 4.78 is 0.516. The summed E-state index contributed by atoms with van der Waals surface area (Å²) in [6, 6.07) is 0. The van der Waals surface area contributed by atoms with Crippen LogP contribution in [0.25, 0.3) is 0 Å². The van der Waals surface area contributed by atoms with Crippen molar-refractivity contribution in [2.45, 2.75) is 50.2 Å². The van der Waals surface area contributed by atoms with Crippen LogP contribution in [0, 0.1) is 11.3 Å². The van der Waals surface area contributed by atoms with Gasteiger partial charge in [-0.15, -0.1) is 23.5 Å². The Morgan fingerprint density at radius 2 is 1.82 bits per heavy atom. The van der Waals surface area contributed by atoms with Crippen LogP contribution in [0.2, 0.25) is 0 Å². The number of thioether (sulfide) groups is 2. The van der Waals surface area contributed by atoms with Gasteiger partial charge in [0.15, 0.2) is 0 Å². The Hall–Kier alpha value is 0.400. The van der Waals surface area contributed by atoms with E-state index >= 15 is 0 Å². The third-order valence-corrected chi connectivity index (χ3v) is 6.84. The molecule has 2 unspecified atom stereocenters. The van der Waals surface area contributed by atoms with Crippen molar-refractivity contribution in [3.05, 3.63) is 12.2 Å². The number of rotatable bonds is 1. The van der Waals surface area contributed by atoms with Crippen molar-refractivity contribution in [2.24, 2.45) is 11.3 Å². The molecule has 0 aromatic carbocycles. The Bertz CT molecular complexity index is 303. The second-order valence-electron chi connectivity index (χ2n) is 6.47. The highest BCUT2D eigenvalue weighted by Gasteiger charge is 2.48. The van der Waals surface area contributed by atoms with Crippen molar-refractivity contribution >= 4 is 23.5 Å². The molecular formula is C14H24OS2. The van der Waals surface area contributed by atoms with Gasteiger partial charge in [0.05, 0.1) is 10.2 Å². The van der Waals surface area contributed by atoms with Crippen LogP contribution in [0.3, 0.4) is 0 Å². The molecule has 0 radical (unpaired) electrons. The Morgan fingerprint density at radius 3 is 2.35 bits per heavy atom. The highest BCUT2D eigenvalue weighted by molar-refractivity contribution is 8.17. The Kier molecular flexibility index (Phi) is 3.92. The largest absolute Gasteiger partial charge is 0.389 e. The van der Waals surface area contributed by atoms with Gasteiger partial charge < -0.3 is 5.11 Å². The lowest BCUT2D eigenvalue weighted by Crippen LogP contribution is -2.48. The summed E-state index contributed by atoms with van der Waals surface area (Å²) in [5.41, 5.74) is 0.875. The molecule has 1 aliphatic heterocycles. The summed E-state index contributed by atoms with van der Waals surface area (Å²) >= 11 is 4.04. The number of hydrogen-bond acceptors (Lipinski definition) is 3. The lowest BCUT2D eigenvalue weighted by Gasteiger charge is -2.49. The summed E-state index contributed by atoms with van der Waals surface area (Å²) in [5, 5.41) is 10.8. The molecule has 0 amide bonds. The van der Waals surface area contributed by atoms with Gasteiger partial charge in [0.1, 0.15) is 0 Å². The fourth-order valence-corrected chi connectivity index (χ4v) is 7.08. The minimum atomic E-state index is -0.582. The predicted molar refractivity (Wildman–Crippen MR) is 79.6 cm³/mol. The molecule has 0 bridgehead atoms. The van der Waals surface area contributed by atoms with E-state index in [0.29, 0.717) is 4.58 Å². The molecule has 0 aromatic rings. The first-order chi connectivity index (χ1) is 7.82. The Morgan fingerprint density at radius 1 is 1.24 bits per heavy atom. The maximum Gasteiger partial charge on any atom is 0.0708 e. The van der Waals surface area contributed by atoms with Crippen LogP contribution < -0.4 is 0 Å². The molecule has 2 atom stereocenters. The fourth-order valence-electron chi connectivity index (χ4n) is 3.49. The van der Waals surface area contributed by atoms with Crippen LogP contribution in [-0.4, -0.2) is 26.8 Å². The fraction of sp³-hybridized carbons (Fsp3) is 0.857. The second kappa shape index (κ2) is 4.82. The van der Waals surface area contributed by atoms with Crippen molar-refractivity contribution in [3.63, 3.8) is 0 Å². The van der Waals surface area contributed by atoms with Gasteiger partial charge in [-0.2, -0.15) is 0 Å². The van der Waals surface area contributed by atoms with Crippen molar-refractivity contribution in [1.82, 2.24) is 0 Å². The van der Waals surface area contributed by atoms with Gasteiger partial charge in [-0.1, -0.05) is 26.0 Å². The monoisotopic (exact) mass is 272 g/mol. The molecule has 2 aliphatic rings. The van der Waals surface area contributed by atoms with E-state index in [4.69, 9.17) is 0 Å². The zero-order chi connectivity index (χ0) is 12.7. The molecular weight excluding hydrogens is 248 g/mol. The zero-order valence-corrected chi connectivity index (χ0v) is 12.8.